The van der Waals surface area contributed by atoms with Gasteiger partial charge in [-0.05, 0) is 36.6 Å². The quantitative estimate of drug-likeness (QED) is 0.760. The topological polar surface area (TPSA) is 70.2 Å². The van der Waals surface area contributed by atoms with Crippen molar-refractivity contribution in [2.75, 3.05) is 10.6 Å². The summed E-state index contributed by atoms with van der Waals surface area (Å²) in [4.78, 5) is 24.8. The monoisotopic (exact) mass is 345 g/mol. The first-order chi connectivity index (χ1) is 11.3. The molecule has 1 aromatic carbocycles. The fourth-order valence-electron chi connectivity index (χ4n) is 1.81. The van der Waals surface area contributed by atoms with Gasteiger partial charge in [-0.2, -0.15) is 0 Å². The van der Waals surface area contributed by atoms with Gasteiger partial charge in [0.05, 0.1) is 9.88 Å². The SMILES string of the molecule is C[C@H](NC(=O)c1ccc(NC(=O)Nc2ccccc2)s1)C(C)(C)C. The highest BCUT2D eigenvalue weighted by molar-refractivity contribution is 7.18. The molecular formula is C18H23N3O2S. The van der Waals surface area contributed by atoms with Crippen molar-refractivity contribution in [1.82, 2.24) is 5.32 Å². The summed E-state index contributed by atoms with van der Waals surface area (Å²) in [6.45, 7) is 8.21. The molecule has 2 aromatic rings. The van der Waals surface area contributed by atoms with Gasteiger partial charge in [-0.1, -0.05) is 39.0 Å². The third-order valence-corrected chi connectivity index (χ3v) is 4.74. The van der Waals surface area contributed by atoms with Crippen LogP contribution in [0.4, 0.5) is 15.5 Å². The Hall–Kier alpha value is -2.34. The molecule has 24 heavy (non-hydrogen) atoms. The standard InChI is InChI=1S/C18H23N3O2S/c1-12(18(2,3)4)19-16(22)14-10-11-15(24-14)21-17(23)20-13-8-6-5-7-9-13/h5-12H,1-4H3,(H,19,22)(H2,20,21,23)/t12-/m0/s1. The van der Waals surface area contributed by atoms with E-state index < -0.39 is 0 Å². The lowest BCUT2D eigenvalue weighted by Gasteiger charge is -2.27. The maximum Gasteiger partial charge on any atom is 0.324 e. The number of carbonyl (C=O) groups excluding carboxylic acids is 2. The molecule has 0 aliphatic heterocycles. The average molecular weight is 345 g/mol. The maximum absolute atomic E-state index is 12.3. The molecule has 0 saturated carbocycles. The number of thiophene rings is 1. The van der Waals surface area contributed by atoms with Gasteiger partial charge in [-0.15, -0.1) is 11.3 Å². The molecule has 1 heterocycles. The van der Waals surface area contributed by atoms with Crippen molar-refractivity contribution in [3.05, 3.63) is 47.3 Å². The first-order valence-electron chi connectivity index (χ1n) is 7.79. The van der Waals surface area contributed by atoms with Gasteiger partial charge in [-0.25, -0.2) is 4.79 Å². The summed E-state index contributed by atoms with van der Waals surface area (Å²) >= 11 is 1.25. The van der Waals surface area contributed by atoms with E-state index in [4.69, 9.17) is 0 Å². The lowest BCUT2D eigenvalue weighted by Crippen LogP contribution is -2.41. The average Bonchev–Trinajstić information content (AvgIpc) is 2.95. The lowest BCUT2D eigenvalue weighted by molar-refractivity contribution is 0.0914. The van der Waals surface area contributed by atoms with Crippen molar-refractivity contribution < 1.29 is 9.59 Å². The Kier molecular flexibility index (Phi) is 5.62. The molecule has 3 amide bonds. The number of nitrogens with one attached hydrogen (secondary N) is 3. The van der Waals surface area contributed by atoms with Crippen LogP contribution < -0.4 is 16.0 Å². The largest absolute Gasteiger partial charge is 0.348 e. The normalized spacial score (nSPS) is 12.3. The van der Waals surface area contributed by atoms with Crippen LogP contribution in [0.5, 0.6) is 0 Å². The Balaban J connectivity index is 1.93. The number of hydrogen-bond acceptors (Lipinski definition) is 3. The van der Waals surface area contributed by atoms with E-state index in [1.54, 1.807) is 24.3 Å². The zero-order chi connectivity index (χ0) is 17.7. The number of amides is 3. The molecule has 128 valence electrons. The van der Waals surface area contributed by atoms with Crippen molar-refractivity contribution in [2.45, 2.75) is 33.7 Å². The Morgan fingerprint density at radius 3 is 2.29 bits per heavy atom. The van der Waals surface area contributed by atoms with Gasteiger partial charge in [0, 0.05) is 11.7 Å². The molecule has 0 fully saturated rings. The predicted octanol–water partition coefficient (Wildman–Crippen LogP) is 4.56. The summed E-state index contributed by atoms with van der Waals surface area (Å²) in [6.07, 6.45) is 0. The minimum absolute atomic E-state index is 0.0103. The maximum atomic E-state index is 12.3. The Bertz CT molecular complexity index is 705. The Morgan fingerprint density at radius 1 is 1.00 bits per heavy atom. The molecule has 0 aliphatic rings. The molecule has 0 saturated heterocycles. The summed E-state index contributed by atoms with van der Waals surface area (Å²) < 4.78 is 0. The van der Waals surface area contributed by atoms with Crippen LogP contribution in [0.3, 0.4) is 0 Å². The zero-order valence-corrected chi connectivity index (χ0v) is 15.2. The minimum Gasteiger partial charge on any atom is -0.348 e. The summed E-state index contributed by atoms with van der Waals surface area (Å²) in [7, 11) is 0. The summed E-state index contributed by atoms with van der Waals surface area (Å²) in [5.41, 5.74) is 0.701. The molecule has 0 radical (unpaired) electrons. The van der Waals surface area contributed by atoms with Crippen molar-refractivity contribution in [1.29, 1.82) is 0 Å². The van der Waals surface area contributed by atoms with Crippen molar-refractivity contribution >= 4 is 34.0 Å². The number of anilines is 2. The Morgan fingerprint density at radius 2 is 1.67 bits per heavy atom. The molecule has 6 heteroatoms. The first kappa shape index (κ1) is 18.0. The molecule has 0 aliphatic carbocycles. The molecular weight excluding hydrogens is 322 g/mol. The number of benzene rings is 1. The summed E-state index contributed by atoms with van der Waals surface area (Å²) in [5.74, 6) is -0.126. The fourth-order valence-corrected chi connectivity index (χ4v) is 2.61. The van der Waals surface area contributed by atoms with Crippen LogP contribution in [0.15, 0.2) is 42.5 Å². The molecule has 2 rings (SSSR count). The molecule has 0 unspecified atom stereocenters. The van der Waals surface area contributed by atoms with Crippen LogP contribution in [-0.2, 0) is 0 Å². The van der Waals surface area contributed by atoms with Crippen LogP contribution in [0.25, 0.3) is 0 Å². The third-order valence-electron chi connectivity index (χ3n) is 3.74. The van der Waals surface area contributed by atoms with Gasteiger partial charge in [0.15, 0.2) is 0 Å². The summed E-state index contributed by atoms with van der Waals surface area (Å²) in [6, 6.07) is 12.3. The van der Waals surface area contributed by atoms with Gasteiger partial charge in [0.2, 0.25) is 0 Å². The molecule has 5 nitrogen and oxygen atoms in total. The fraction of sp³-hybridized carbons (Fsp3) is 0.333. The van der Waals surface area contributed by atoms with Gasteiger partial charge < -0.3 is 10.6 Å². The van der Waals surface area contributed by atoms with Gasteiger partial charge >= 0.3 is 6.03 Å². The van der Waals surface area contributed by atoms with E-state index in [-0.39, 0.29) is 23.4 Å². The van der Waals surface area contributed by atoms with E-state index in [9.17, 15) is 9.59 Å². The van der Waals surface area contributed by atoms with E-state index in [2.05, 4.69) is 36.7 Å². The Labute approximate surface area is 146 Å². The molecule has 1 atom stereocenters. The first-order valence-corrected chi connectivity index (χ1v) is 8.61. The predicted molar refractivity (Wildman–Crippen MR) is 99.8 cm³/mol. The van der Waals surface area contributed by atoms with E-state index in [0.717, 1.165) is 0 Å². The second kappa shape index (κ2) is 7.49. The number of para-hydroxylation sites is 1. The van der Waals surface area contributed by atoms with Gasteiger partial charge in [-0.3, -0.25) is 10.1 Å². The van der Waals surface area contributed by atoms with Crippen LogP contribution in [-0.4, -0.2) is 18.0 Å². The second-order valence-electron chi connectivity index (χ2n) is 6.67. The molecule has 3 N–H and O–H groups in total. The van der Waals surface area contributed by atoms with Gasteiger partial charge in [0.25, 0.3) is 5.91 Å². The highest BCUT2D eigenvalue weighted by Gasteiger charge is 2.22. The zero-order valence-electron chi connectivity index (χ0n) is 14.3. The minimum atomic E-state index is -0.335. The number of urea groups is 1. The van der Waals surface area contributed by atoms with Crippen molar-refractivity contribution in [3.8, 4) is 0 Å². The van der Waals surface area contributed by atoms with E-state index in [0.29, 0.717) is 15.6 Å². The number of rotatable bonds is 4. The van der Waals surface area contributed by atoms with Crippen molar-refractivity contribution in [2.24, 2.45) is 5.41 Å². The number of hydrogen-bond donors (Lipinski definition) is 3. The highest BCUT2D eigenvalue weighted by atomic mass is 32.1. The van der Waals surface area contributed by atoms with Crippen molar-refractivity contribution in [3.63, 3.8) is 0 Å². The molecule has 0 spiro atoms. The third kappa shape index (κ3) is 5.09. The second-order valence-corrected chi connectivity index (χ2v) is 7.75. The molecule has 1 aromatic heterocycles. The number of carbonyl (C=O) groups is 2. The van der Waals surface area contributed by atoms with Crippen LogP contribution >= 0.6 is 11.3 Å². The smallest absolute Gasteiger partial charge is 0.324 e. The van der Waals surface area contributed by atoms with E-state index in [1.807, 2.05) is 25.1 Å². The van der Waals surface area contributed by atoms with Crippen LogP contribution in [0, 0.1) is 5.41 Å². The van der Waals surface area contributed by atoms with E-state index in [1.165, 1.54) is 11.3 Å². The summed E-state index contributed by atoms with van der Waals surface area (Å²) in [5, 5.41) is 9.08. The highest BCUT2D eigenvalue weighted by Crippen LogP contribution is 2.24. The van der Waals surface area contributed by atoms with Crippen LogP contribution in [0.1, 0.15) is 37.4 Å². The van der Waals surface area contributed by atoms with Gasteiger partial charge in [0.1, 0.15) is 0 Å². The van der Waals surface area contributed by atoms with E-state index >= 15 is 0 Å². The molecule has 0 bridgehead atoms. The van der Waals surface area contributed by atoms with Crippen LogP contribution in [0.2, 0.25) is 0 Å². The lowest BCUT2D eigenvalue weighted by atomic mass is 9.88.